The molecule has 3 rings (SSSR count). The molecule has 1 fully saturated rings. The fourth-order valence-electron chi connectivity index (χ4n) is 2.97. The molecule has 2 aromatic rings. The van der Waals surface area contributed by atoms with Crippen molar-refractivity contribution in [1.29, 1.82) is 0 Å². The number of hydrogen-bond donors (Lipinski definition) is 1. The molecule has 0 spiro atoms. The maximum Gasteiger partial charge on any atom is 0.244 e. The van der Waals surface area contributed by atoms with E-state index >= 15 is 0 Å². The summed E-state index contributed by atoms with van der Waals surface area (Å²) >= 11 is 0. The number of ether oxygens (including phenoxy) is 1. The molecule has 7 nitrogen and oxygen atoms in total. The molecule has 28 heavy (non-hydrogen) atoms. The van der Waals surface area contributed by atoms with Crippen molar-refractivity contribution in [1.82, 2.24) is 9.29 Å². The average Bonchev–Trinajstić information content (AvgIpc) is 2.70. The van der Waals surface area contributed by atoms with E-state index in [1.807, 2.05) is 38.1 Å². The number of nitrogens with one attached hydrogen (secondary N) is 1. The van der Waals surface area contributed by atoms with Crippen molar-refractivity contribution < 1.29 is 13.2 Å². The Morgan fingerprint density at radius 2 is 1.89 bits per heavy atom. The van der Waals surface area contributed by atoms with Gasteiger partial charge in [0.1, 0.15) is 16.5 Å². The number of hydrazone groups is 1. The highest BCUT2D eigenvalue weighted by molar-refractivity contribution is 7.89. The summed E-state index contributed by atoms with van der Waals surface area (Å²) in [6.45, 7) is 5.08. The van der Waals surface area contributed by atoms with Crippen LogP contribution in [0.5, 0.6) is 5.75 Å². The lowest BCUT2D eigenvalue weighted by molar-refractivity contribution is 0.242. The van der Waals surface area contributed by atoms with E-state index in [1.165, 1.54) is 10.5 Å². The first-order valence-electron chi connectivity index (χ1n) is 9.48. The summed E-state index contributed by atoms with van der Waals surface area (Å²) < 4.78 is 32.6. The van der Waals surface area contributed by atoms with Gasteiger partial charge in [-0.15, -0.1) is 0 Å². The van der Waals surface area contributed by atoms with Crippen LogP contribution in [0.15, 0.2) is 52.6 Å². The summed E-state index contributed by atoms with van der Waals surface area (Å²) in [5.41, 5.74) is 3.67. The molecule has 1 aliphatic heterocycles. The van der Waals surface area contributed by atoms with Gasteiger partial charge in [0, 0.05) is 24.8 Å². The number of benzene rings is 1. The molecule has 0 aliphatic carbocycles. The van der Waals surface area contributed by atoms with Gasteiger partial charge in [0.25, 0.3) is 0 Å². The molecule has 150 valence electrons. The lowest BCUT2D eigenvalue weighted by atomic mass is 10.2. The van der Waals surface area contributed by atoms with E-state index in [0.717, 1.165) is 30.6 Å². The average molecular weight is 403 g/mol. The van der Waals surface area contributed by atoms with Gasteiger partial charge in [0.05, 0.1) is 12.3 Å². The number of piperidine rings is 1. The Morgan fingerprint density at radius 3 is 2.57 bits per heavy atom. The Kier molecular flexibility index (Phi) is 6.64. The summed E-state index contributed by atoms with van der Waals surface area (Å²) in [7, 11) is -3.47. The van der Waals surface area contributed by atoms with Gasteiger partial charge in [-0.05, 0) is 51.0 Å². The molecule has 8 heteroatoms. The highest BCUT2D eigenvalue weighted by atomic mass is 32.2. The van der Waals surface area contributed by atoms with Crippen LogP contribution in [-0.2, 0) is 10.0 Å². The van der Waals surface area contributed by atoms with E-state index in [9.17, 15) is 8.42 Å². The van der Waals surface area contributed by atoms with Crippen LogP contribution in [0, 0.1) is 0 Å². The van der Waals surface area contributed by atoms with E-state index < -0.39 is 10.0 Å². The van der Waals surface area contributed by atoms with Gasteiger partial charge in [-0.2, -0.15) is 9.41 Å². The molecule has 1 aromatic carbocycles. The number of aromatic nitrogens is 1. The smallest absolute Gasteiger partial charge is 0.244 e. The van der Waals surface area contributed by atoms with Crippen molar-refractivity contribution in [3.63, 3.8) is 0 Å². The second-order valence-electron chi connectivity index (χ2n) is 6.92. The van der Waals surface area contributed by atoms with Crippen LogP contribution in [0.2, 0.25) is 0 Å². The van der Waals surface area contributed by atoms with Crippen molar-refractivity contribution in [2.24, 2.45) is 5.10 Å². The quantitative estimate of drug-likeness (QED) is 0.566. The van der Waals surface area contributed by atoms with E-state index in [1.54, 1.807) is 18.3 Å². The molecule has 0 amide bonds. The number of hydrogen-bond acceptors (Lipinski definition) is 6. The van der Waals surface area contributed by atoms with Crippen molar-refractivity contribution in [2.45, 2.75) is 44.1 Å². The van der Waals surface area contributed by atoms with Crippen molar-refractivity contribution in [3.05, 3.63) is 48.2 Å². The third-order valence-electron chi connectivity index (χ3n) is 4.35. The van der Waals surface area contributed by atoms with Crippen molar-refractivity contribution in [3.8, 4) is 5.75 Å². The van der Waals surface area contributed by atoms with E-state index in [4.69, 9.17) is 4.74 Å². The largest absolute Gasteiger partial charge is 0.490 e. The van der Waals surface area contributed by atoms with Crippen LogP contribution in [0.3, 0.4) is 0 Å². The van der Waals surface area contributed by atoms with Gasteiger partial charge in [0.15, 0.2) is 0 Å². The van der Waals surface area contributed by atoms with E-state index in [0.29, 0.717) is 18.9 Å². The Bertz CT molecular complexity index is 905. The molecule has 1 aromatic heterocycles. The topological polar surface area (TPSA) is 83.9 Å². The fraction of sp³-hybridized carbons (Fsp3) is 0.400. The summed E-state index contributed by atoms with van der Waals surface area (Å²) in [5, 5.41) is 4.18. The Labute approximate surface area is 166 Å². The lowest BCUT2D eigenvalue weighted by Gasteiger charge is -2.25. The minimum absolute atomic E-state index is 0.0681. The van der Waals surface area contributed by atoms with Crippen LogP contribution >= 0.6 is 0 Å². The predicted octanol–water partition coefficient (Wildman–Crippen LogP) is 3.49. The first-order chi connectivity index (χ1) is 13.5. The molecule has 1 aliphatic rings. The summed E-state index contributed by atoms with van der Waals surface area (Å²) in [6.07, 6.45) is 5.98. The van der Waals surface area contributed by atoms with Gasteiger partial charge in [-0.3, -0.25) is 5.43 Å². The molecular formula is C20H26N4O3S. The van der Waals surface area contributed by atoms with Crippen LogP contribution < -0.4 is 10.2 Å². The lowest BCUT2D eigenvalue weighted by Crippen LogP contribution is -2.35. The zero-order chi connectivity index (χ0) is 20.0. The fourth-order valence-corrected chi connectivity index (χ4v) is 4.43. The number of rotatable bonds is 7. The van der Waals surface area contributed by atoms with Gasteiger partial charge >= 0.3 is 0 Å². The molecule has 0 atom stereocenters. The van der Waals surface area contributed by atoms with Gasteiger partial charge in [0.2, 0.25) is 10.0 Å². The third-order valence-corrected chi connectivity index (χ3v) is 6.24. The molecule has 0 radical (unpaired) electrons. The van der Waals surface area contributed by atoms with E-state index in [-0.39, 0.29) is 11.0 Å². The highest BCUT2D eigenvalue weighted by Crippen LogP contribution is 2.21. The molecule has 0 bridgehead atoms. The predicted molar refractivity (Wildman–Crippen MR) is 110 cm³/mol. The zero-order valence-electron chi connectivity index (χ0n) is 16.2. The second-order valence-corrected chi connectivity index (χ2v) is 8.86. The highest BCUT2D eigenvalue weighted by Gasteiger charge is 2.26. The number of pyridine rings is 1. The minimum atomic E-state index is -3.47. The van der Waals surface area contributed by atoms with Crippen LogP contribution in [0.1, 0.15) is 38.7 Å². The monoisotopic (exact) mass is 402 g/mol. The van der Waals surface area contributed by atoms with Crippen molar-refractivity contribution >= 4 is 22.1 Å². The zero-order valence-corrected chi connectivity index (χ0v) is 17.0. The number of anilines is 1. The minimum Gasteiger partial charge on any atom is -0.490 e. The van der Waals surface area contributed by atoms with Crippen molar-refractivity contribution in [2.75, 3.05) is 18.5 Å². The Balaban J connectivity index is 1.66. The molecule has 1 saturated heterocycles. The Hall–Kier alpha value is -2.45. The van der Waals surface area contributed by atoms with E-state index in [2.05, 4.69) is 15.5 Å². The normalized spacial score (nSPS) is 15.8. The summed E-state index contributed by atoms with van der Waals surface area (Å²) in [5.74, 6) is 1.22. The van der Waals surface area contributed by atoms with Crippen LogP contribution in [0.25, 0.3) is 0 Å². The summed E-state index contributed by atoms with van der Waals surface area (Å²) in [6, 6.07) is 10.8. The SMILES string of the molecule is CC(C)Oc1ccccc1/C=N/Nc1ccc(S(=O)(=O)N2CCCCC2)cn1. The number of nitrogens with zero attached hydrogens (tertiary/aromatic N) is 3. The van der Waals surface area contributed by atoms with Gasteiger partial charge < -0.3 is 4.74 Å². The second kappa shape index (κ2) is 9.16. The maximum atomic E-state index is 12.6. The number of para-hydroxylation sites is 1. The third kappa shape index (κ3) is 5.08. The standard InChI is InChI=1S/C20H26N4O3S/c1-16(2)27-19-9-5-4-8-17(19)14-22-23-20-11-10-18(15-21-20)28(25,26)24-12-6-3-7-13-24/h4-5,8-11,14-16H,3,6-7,12-13H2,1-2H3,(H,21,23)/b22-14+. The Morgan fingerprint density at radius 1 is 1.14 bits per heavy atom. The molecule has 0 saturated carbocycles. The van der Waals surface area contributed by atoms with Gasteiger partial charge in [-0.25, -0.2) is 13.4 Å². The molecule has 1 N–H and O–H groups in total. The first-order valence-corrected chi connectivity index (χ1v) is 10.9. The molecular weight excluding hydrogens is 376 g/mol. The maximum absolute atomic E-state index is 12.6. The number of sulfonamides is 1. The van der Waals surface area contributed by atoms with Crippen LogP contribution in [-0.4, -0.2) is 43.1 Å². The molecule has 0 unspecified atom stereocenters. The van der Waals surface area contributed by atoms with Gasteiger partial charge in [-0.1, -0.05) is 18.6 Å². The molecule has 2 heterocycles. The van der Waals surface area contributed by atoms with Crippen LogP contribution in [0.4, 0.5) is 5.82 Å². The first kappa shape index (κ1) is 20.3. The summed E-state index contributed by atoms with van der Waals surface area (Å²) in [4.78, 5) is 4.39.